The first kappa shape index (κ1) is 14.6. The molecule has 2 rings (SSSR count). The van der Waals surface area contributed by atoms with Crippen molar-refractivity contribution in [2.24, 2.45) is 0 Å². The SMILES string of the molecule is COc1ccc(Cl)cc1NC(=S)Nc1cccc(C)n1. The van der Waals surface area contributed by atoms with Gasteiger partial charge in [-0.25, -0.2) is 4.98 Å². The van der Waals surface area contributed by atoms with Crippen LogP contribution in [0, 0.1) is 6.92 Å². The molecule has 20 heavy (non-hydrogen) atoms. The highest BCUT2D eigenvalue weighted by molar-refractivity contribution is 7.80. The molecule has 0 saturated carbocycles. The van der Waals surface area contributed by atoms with E-state index >= 15 is 0 Å². The van der Waals surface area contributed by atoms with Gasteiger partial charge in [-0.15, -0.1) is 0 Å². The van der Waals surface area contributed by atoms with Crippen molar-refractivity contribution in [3.8, 4) is 5.75 Å². The highest BCUT2D eigenvalue weighted by atomic mass is 35.5. The fourth-order valence-corrected chi connectivity index (χ4v) is 2.05. The molecule has 0 radical (unpaired) electrons. The summed E-state index contributed by atoms with van der Waals surface area (Å²) in [5, 5.41) is 7.08. The zero-order valence-corrected chi connectivity index (χ0v) is 12.7. The van der Waals surface area contributed by atoms with E-state index in [0.29, 0.717) is 27.4 Å². The molecule has 0 fully saturated rings. The molecule has 2 aromatic rings. The smallest absolute Gasteiger partial charge is 0.176 e. The summed E-state index contributed by atoms with van der Waals surface area (Å²) < 4.78 is 5.25. The Morgan fingerprint density at radius 2 is 2.05 bits per heavy atom. The van der Waals surface area contributed by atoms with Gasteiger partial charge in [-0.3, -0.25) is 0 Å². The highest BCUT2D eigenvalue weighted by Gasteiger charge is 2.06. The van der Waals surface area contributed by atoms with Crippen LogP contribution in [-0.2, 0) is 0 Å². The van der Waals surface area contributed by atoms with Gasteiger partial charge in [-0.1, -0.05) is 17.7 Å². The summed E-state index contributed by atoms with van der Waals surface area (Å²) in [6.07, 6.45) is 0. The zero-order valence-electron chi connectivity index (χ0n) is 11.1. The number of thiocarbonyl (C=S) groups is 1. The quantitative estimate of drug-likeness (QED) is 0.843. The Kier molecular flexibility index (Phi) is 4.76. The van der Waals surface area contributed by atoms with Crippen molar-refractivity contribution < 1.29 is 4.74 Å². The second-order valence-electron chi connectivity index (χ2n) is 4.09. The van der Waals surface area contributed by atoms with Crippen molar-refractivity contribution in [3.63, 3.8) is 0 Å². The predicted molar refractivity (Wildman–Crippen MR) is 86.8 cm³/mol. The van der Waals surface area contributed by atoms with Crippen LogP contribution in [-0.4, -0.2) is 17.2 Å². The van der Waals surface area contributed by atoms with Crippen LogP contribution >= 0.6 is 23.8 Å². The predicted octanol–water partition coefficient (Wildman–Crippen LogP) is 3.86. The van der Waals surface area contributed by atoms with Crippen molar-refractivity contribution in [3.05, 3.63) is 47.1 Å². The van der Waals surface area contributed by atoms with Crippen LogP contribution in [0.5, 0.6) is 5.75 Å². The van der Waals surface area contributed by atoms with Gasteiger partial charge in [0.2, 0.25) is 0 Å². The van der Waals surface area contributed by atoms with Gasteiger partial charge >= 0.3 is 0 Å². The van der Waals surface area contributed by atoms with Crippen LogP contribution < -0.4 is 15.4 Å². The molecule has 0 bridgehead atoms. The van der Waals surface area contributed by atoms with E-state index in [-0.39, 0.29) is 0 Å². The number of hydrogen-bond donors (Lipinski definition) is 2. The average molecular weight is 308 g/mol. The normalized spacial score (nSPS) is 9.95. The first-order valence-corrected chi connectivity index (χ1v) is 6.72. The van der Waals surface area contributed by atoms with Gasteiger partial charge in [0.15, 0.2) is 5.11 Å². The van der Waals surface area contributed by atoms with E-state index in [1.54, 1.807) is 25.3 Å². The van der Waals surface area contributed by atoms with Gasteiger partial charge in [0.05, 0.1) is 12.8 Å². The summed E-state index contributed by atoms with van der Waals surface area (Å²) in [6.45, 7) is 1.92. The molecule has 0 atom stereocenters. The Morgan fingerprint density at radius 3 is 2.75 bits per heavy atom. The number of rotatable bonds is 3. The van der Waals surface area contributed by atoms with Crippen LogP contribution in [0.3, 0.4) is 0 Å². The maximum absolute atomic E-state index is 5.97. The Hall–Kier alpha value is -1.85. The molecule has 2 N–H and O–H groups in total. The highest BCUT2D eigenvalue weighted by Crippen LogP contribution is 2.27. The molecule has 0 spiro atoms. The van der Waals surface area contributed by atoms with Gasteiger partial charge in [-0.2, -0.15) is 0 Å². The second-order valence-corrected chi connectivity index (χ2v) is 4.93. The molecule has 104 valence electrons. The van der Waals surface area contributed by atoms with E-state index in [9.17, 15) is 0 Å². The van der Waals surface area contributed by atoms with Crippen molar-refractivity contribution in [2.45, 2.75) is 6.92 Å². The maximum Gasteiger partial charge on any atom is 0.176 e. The summed E-state index contributed by atoms with van der Waals surface area (Å²) in [5.74, 6) is 1.35. The van der Waals surface area contributed by atoms with E-state index in [0.717, 1.165) is 5.69 Å². The summed E-state index contributed by atoms with van der Waals surface area (Å²) in [7, 11) is 1.59. The second kappa shape index (κ2) is 6.54. The van der Waals surface area contributed by atoms with E-state index in [1.165, 1.54) is 0 Å². The third-order valence-electron chi connectivity index (χ3n) is 2.54. The summed E-state index contributed by atoms with van der Waals surface area (Å²) in [5.41, 5.74) is 1.61. The lowest BCUT2D eigenvalue weighted by Crippen LogP contribution is -2.20. The first-order chi connectivity index (χ1) is 9.58. The fraction of sp³-hybridized carbons (Fsp3) is 0.143. The number of nitrogens with one attached hydrogen (secondary N) is 2. The number of anilines is 2. The molecular weight excluding hydrogens is 294 g/mol. The van der Waals surface area contributed by atoms with Crippen LogP contribution in [0.15, 0.2) is 36.4 Å². The fourth-order valence-electron chi connectivity index (χ4n) is 1.66. The monoisotopic (exact) mass is 307 g/mol. The number of aromatic nitrogens is 1. The lowest BCUT2D eigenvalue weighted by atomic mass is 10.3. The molecule has 6 heteroatoms. The van der Waals surface area contributed by atoms with Gasteiger partial charge < -0.3 is 15.4 Å². The molecule has 0 aliphatic carbocycles. The summed E-state index contributed by atoms with van der Waals surface area (Å²) in [4.78, 5) is 4.32. The summed E-state index contributed by atoms with van der Waals surface area (Å²) in [6, 6.07) is 10.9. The molecule has 1 aromatic heterocycles. The van der Waals surface area contributed by atoms with E-state index in [1.807, 2.05) is 25.1 Å². The molecule has 4 nitrogen and oxygen atoms in total. The minimum Gasteiger partial charge on any atom is -0.495 e. The Bertz CT molecular complexity index is 634. The Balaban J connectivity index is 2.10. The van der Waals surface area contributed by atoms with Crippen LogP contribution in [0.4, 0.5) is 11.5 Å². The number of ether oxygens (including phenoxy) is 1. The van der Waals surface area contributed by atoms with Crippen molar-refractivity contribution >= 4 is 40.4 Å². The molecule has 1 heterocycles. The van der Waals surface area contributed by atoms with E-state index in [4.69, 9.17) is 28.6 Å². The molecule has 0 aliphatic heterocycles. The lowest BCUT2D eigenvalue weighted by molar-refractivity contribution is 0.417. The van der Waals surface area contributed by atoms with Crippen LogP contribution in [0.2, 0.25) is 5.02 Å². The number of methoxy groups -OCH3 is 1. The number of halogens is 1. The number of benzene rings is 1. The Labute approximate surface area is 128 Å². The van der Waals surface area contributed by atoms with E-state index in [2.05, 4.69) is 15.6 Å². The molecule has 1 aromatic carbocycles. The third kappa shape index (κ3) is 3.82. The molecule has 0 saturated heterocycles. The van der Waals surface area contributed by atoms with Crippen LogP contribution in [0.1, 0.15) is 5.69 Å². The van der Waals surface area contributed by atoms with Gasteiger partial charge in [0, 0.05) is 10.7 Å². The molecule has 0 amide bonds. The largest absolute Gasteiger partial charge is 0.495 e. The number of hydrogen-bond acceptors (Lipinski definition) is 3. The van der Waals surface area contributed by atoms with Crippen molar-refractivity contribution in [2.75, 3.05) is 17.7 Å². The summed E-state index contributed by atoms with van der Waals surface area (Å²) >= 11 is 11.2. The molecule has 0 unspecified atom stereocenters. The van der Waals surface area contributed by atoms with Gasteiger partial charge in [-0.05, 0) is 49.5 Å². The number of nitrogens with zero attached hydrogens (tertiary/aromatic N) is 1. The maximum atomic E-state index is 5.97. The minimum absolute atomic E-state index is 0.420. The van der Waals surface area contributed by atoms with Gasteiger partial charge in [0.1, 0.15) is 11.6 Å². The number of pyridine rings is 1. The molecule has 0 aliphatic rings. The average Bonchev–Trinajstić information content (AvgIpc) is 2.38. The van der Waals surface area contributed by atoms with Gasteiger partial charge in [0.25, 0.3) is 0 Å². The van der Waals surface area contributed by atoms with Crippen molar-refractivity contribution in [1.29, 1.82) is 0 Å². The molecular formula is C14H14ClN3OS. The first-order valence-electron chi connectivity index (χ1n) is 5.93. The third-order valence-corrected chi connectivity index (χ3v) is 2.98. The number of aryl methyl sites for hydroxylation is 1. The zero-order chi connectivity index (χ0) is 14.5. The topological polar surface area (TPSA) is 46.2 Å². The van der Waals surface area contributed by atoms with Crippen LogP contribution in [0.25, 0.3) is 0 Å². The standard InChI is InChI=1S/C14H14ClN3OS/c1-9-4-3-5-13(16-9)18-14(20)17-11-8-10(15)6-7-12(11)19-2/h3-8H,1-2H3,(H2,16,17,18,20). The minimum atomic E-state index is 0.420. The Morgan fingerprint density at radius 1 is 1.25 bits per heavy atom. The lowest BCUT2D eigenvalue weighted by Gasteiger charge is -2.13. The van der Waals surface area contributed by atoms with E-state index < -0.39 is 0 Å². The van der Waals surface area contributed by atoms with Crippen molar-refractivity contribution in [1.82, 2.24) is 4.98 Å².